The van der Waals surface area contributed by atoms with Gasteiger partial charge in [-0.15, -0.1) is 0 Å². The van der Waals surface area contributed by atoms with Gasteiger partial charge in [-0.3, -0.25) is 20.2 Å². The summed E-state index contributed by atoms with van der Waals surface area (Å²) in [5.74, 6) is -0.936. The van der Waals surface area contributed by atoms with Crippen molar-refractivity contribution in [3.63, 3.8) is 0 Å². The third-order valence-electron chi connectivity index (χ3n) is 3.68. The second kappa shape index (κ2) is 7.80. The Hall–Kier alpha value is -3.85. The molecule has 0 atom stereocenters. The smallest absolute Gasteiger partial charge is 0.363 e. The van der Waals surface area contributed by atoms with Gasteiger partial charge in [0, 0.05) is 18.2 Å². The van der Waals surface area contributed by atoms with E-state index < -0.39 is 15.8 Å². The van der Waals surface area contributed by atoms with Crippen molar-refractivity contribution in [3.05, 3.63) is 96.7 Å². The van der Waals surface area contributed by atoms with Crippen LogP contribution < -0.4 is 0 Å². The Morgan fingerprint density at radius 1 is 1.07 bits per heavy atom. The maximum absolute atomic E-state index is 12.0. The molecule has 0 aliphatic carbocycles. The quantitative estimate of drug-likeness (QED) is 0.323. The molecule has 0 aromatic heterocycles. The molecule has 0 unspecified atom stereocenters. The predicted molar refractivity (Wildman–Crippen MR) is 101 cm³/mol. The van der Waals surface area contributed by atoms with E-state index in [-0.39, 0.29) is 33.6 Å². The van der Waals surface area contributed by atoms with Crippen LogP contribution in [0.5, 0.6) is 0 Å². The molecular formula is C18H10ClN3O6. The second-order valence-corrected chi connectivity index (χ2v) is 5.86. The summed E-state index contributed by atoms with van der Waals surface area (Å²) in [4.78, 5) is 36.8. The number of carbonyl (C=O) groups is 1. The molecule has 0 radical (unpaired) electrons. The molecular weight excluding hydrogens is 390 g/mol. The molecule has 2 aromatic carbocycles. The van der Waals surface area contributed by atoms with Crippen LogP contribution in [0.4, 0.5) is 11.4 Å². The van der Waals surface area contributed by atoms with Gasteiger partial charge in [-0.05, 0) is 24.3 Å². The largest absolute Gasteiger partial charge is 0.402 e. The first-order valence-electron chi connectivity index (χ1n) is 7.74. The first-order chi connectivity index (χ1) is 13.4. The zero-order chi connectivity index (χ0) is 20.3. The molecule has 0 saturated carbocycles. The summed E-state index contributed by atoms with van der Waals surface area (Å²) in [7, 11) is 0. The number of para-hydroxylation sites is 1. The number of aliphatic imine (C=N–C) groups is 1. The Morgan fingerprint density at radius 3 is 2.54 bits per heavy atom. The first kappa shape index (κ1) is 18.9. The highest BCUT2D eigenvalue weighted by molar-refractivity contribution is 6.34. The number of nitro benzene ring substituents is 2. The molecule has 10 heteroatoms. The Bertz CT molecular complexity index is 1090. The summed E-state index contributed by atoms with van der Waals surface area (Å²) in [6, 6.07) is 9.78. The minimum atomic E-state index is -0.773. The number of non-ortho nitro benzene ring substituents is 1. The van der Waals surface area contributed by atoms with Crippen molar-refractivity contribution >= 4 is 40.9 Å². The fraction of sp³-hybridized carbons (Fsp3) is 0. The van der Waals surface area contributed by atoms with E-state index in [9.17, 15) is 25.0 Å². The third-order valence-corrected chi connectivity index (χ3v) is 4.00. The van der Waals surface area contributed by atoms with Crippen LogP contribution in [-0.2, 0) is 9.53 Å². The van der Waals surface area contributed by atoms with Crippen molar-refractivity contribution in [3.8, 4) is 0 Å². The summed E-state index contributed by atoms with van der Waals surface area (Å²) in [6.07, 6.45) is 4.18. The molecule has 0 amide bonds. The van der Waals surface area contributed by atoms with Crippen molar-refractivity contribution < 1.29 is 19.4 Å². The number of rotatable bonds is 5. The van der Waals surface area contributed by atoms with Crippen molar-refractivity contribution in [2.24, 2.45) is 4.99 Å². The number of allylic oxidation sites excluding steroid dienone is 2. The normalized spacial score (nSPS) is 15.0. The van der Waals surface area contributed by atoms with Gasteiger partial charge in [0.15, 0.2) is 5.70 Å². The standard InChI is InChI=1S/C18H10ClN3O6/c19-14-9-8-12(21(24)25)10-13(14)17-20-15(18(23)28-17)6-3-5-11-4-1-2-7-16(11)22(26)27/h1-10H/b5-3+,15-6-. The van der Waals surface area contributed by atoms with Crippen LogP contribution in [-0.4, -0.2) is 21.7 Å². The Balaban J connectivity index is 1.90. The van der Waals surface area contributed by atoms with Crippen LogP contribution in [0.25, 0.3) is 6.08 Å². The molecule has 3 rings (SSSR count). The monoisotopic (exact) mass is 399 g/mol. The van der Waals surface area contributed by atoms with Crippen molar-refractivity contribution in [1.82, 2.24) is 0 Å². The van der Waals surface area contributed by atoms with Gasteiger partial charge in [-0.25, -0.2) is 9.79 Å². The molecule has 140 valence electrons. The molecule has 0 bridgehead atoms. The van der Waals surface area contributed by atoms with E-state index in [1.165, 1.54) is 36.4 Å². The van der Waals surface area contributed by atoms with Gasteiger partial charge in [0.25, 0.3) is 11.4 Å². The second-order valence-electron chi connectivity index (χ2n) is 5.45. The van der Waals surface area contributed by atoms with Crippen molar-refractivity contribution in [2.75, 3.05) is 0 Å². The molecule has 0 spiro atoms. The number of halogens is 1. The number of nitrogens with zero attached hydrogens (tertiary/aromatic N) is 3. The lowest BCUT2D eigenvalue weighted by molar-refractivity contribution is -0.385. The lowest BCUT2D eigenvalue weighted by Crippen LogP contribution is -2.06. The van der Waals surface area contributed by atoms with Crippen LogP contribution in [0.1, 0.15) is 11.1 Å². The van der Waals surface area contributed by atoms with Gasteiger partial charge in [-0.1, -0.05) is 29.8 Å². The highest BCUT2D eigenvalue weighted by atomic mass is 35.5. The lowest BCUT2D eigenvalue weighted by Gasteiger charge is -2.02. The molecule has 28 heavy (non-hydrogen) atoms. The number of cyclic esters (lactones) is 1. The maximum atomic E-state index is 12.0. The van der Waals surface area contributed by atoms with Gasteiger partial charge < -0.3 is 4.74 Å². The Morgan fingerprint density at radius 2 is 1.82 bits per heavy atom. The highest BCUT2D eigenvalue weighted by Gasteiger charge is 2.26. The topological polar surface area (TPSA) is 125 Å². The number of carbonyl (C=O) groups excluding carboxylic acids is 1. The van der Waals surface area contributed by atoms with Crippen molar-refractivity contribution in [1.29, 1.82) is 0 Å². The summed E-state index contributed by atoms with van der Waals surface area (Å²) in [6.45, 7) is 0. The number of esters is 1. The first-order valence-corrected chi connectivity index (χ1v) is 8.11. The zero-order valence-corrected chi connectivity index (χ0v) is 14.7. The van der Waals surface area contributed by atoms with Gasteiger partial charge >= 0.3 is 5.97 Å². The number of benzene rings is 2. The Labute approximate surface area is 162 Å². The van der Waals surface area contributed by atoms with Crippen LogP contribution in [0, 0.1) is 20.2 Å². The van der Waals surface area contributed by atoms with E-state index >= 15 is 0 Å². The van der Waals surface area contributed by atoms with Crippen molar-refractivity contribution in [2.45, 2.75) is 0 Å². The Kier molecular flexibility index (Phi) is 5.28. The van der Waals surface area contributed by atoms with E-state index in [2.05, 4.69) is 4.99 Å². The minimum Gasteiger partial charge on any atom is -0.402 e. The SMILES string of the molecule is O=C1OC(c2cc([N+](=O)[O-])ccc2Cl)=N/C1=C\C=C\c1ccccc1[N+](=O)[O-]. The summed E-state index contributed by atoms with van der Waals surface area (Å²) in [5.41, 5.74) is 0.0647. The summed E-state index contributed by atoms with van der Waals surface area (Å²) < 4.78 is 5.03. The van der Waals surface area contributed by atoms with E-state index in [0.717, 1.165) is 6.07 Å². The predicted octanol–water partition coefficient (Wildman–Crippen LogP) is 4.06. The van der Waals surface area contributed by atoms with Crippen LogP contribution in [0.2, 0.25) is 5.02 Å². The van der Waals surface area contributed by atoms with Gasteiger partial charge in [0.05, 0.1) is 26.0 Å². The van der Waals surface area contributed by atoms with Crippen LogP contribution in [0.15, 0.2) is 65.3 Å². The zero-order valence-electron chi connectivity index (χ0n) is 13.9. The third kappa shape index (κ3) is 3.94. The fourth-order valence-electron chi connectivity index (χ4n) is 2.37. The molecule has 0 fully saturated rings. The van der Waals surface area contributed by atoms with E-state index in [4.69, 9.17) is 16.3 Å². The molecule has 0 N–H and O–H groups in total. The number of hydrogen-bond donors (Lipinski definition) is 0. The van der Waals surface area contributed by atoms with E-state index in [1.54, 1.807) is 18.2 Å². The van der Waals surface area contributed by atoms with Gasteiger partial charge in [-0.2, -0.15) is 0 Å². The average Bonchev–Trinajstić information content (AvgIpc) is 3.02. The molecule has 1 aliphatic heterocycles. The molecule has 9 nitrogen and oxygen atoms in total. The average molecular weight is 400 g/mol. The van der Waals surface area contributed by atoms with E-state index in [1.807, 2.05) is 0 Å². The highest BCUT2D eigenvalue weighted by Crippen LogP contribution is 2.26. The van der Waals surface area contributed by atoms with Crippen LogP contribution in [0.3, 0.4) is 0 Å². The number of hydrogen-bond acceptors (Lipinski definition) is 7. The summed E-state index contributed by atoms with van der Waals surface area (Å²) >= 11 is 6.02. The van der Waals surface area contributed by atoms with Gasteiger partial charge in [0.1, 0.15) is 0 Å². The van der Waals surface area contributed by atoms with Gasteiger partial charge in [0.2, 0.25) is 5.90 Å². The fourth-order valence-corrected chi connectivity index (χ4v) is 2.57. The van der Waals surface area contributed by atoms with Crippen LogP contribution >= 0.6 is 11.6 Å². The van der Waals surface area contributed by atoms with E-state index in [0.29, 0.717) is 5.56 Å². The maximum Gasteiger partial charge on any atom is 0.363 e. The lowest BCUT2D eigenvalue weighted by atomic mass is 10.1. The molecule has 2 aromatic rings. The number of ether oxygens (including phenoxy) is 1. The summed E-state index contributed by atoms with van der Waals surface area (Å²) in [5, 5.41) is 22.0. The molecule has 1 heterocycles. The minimum absolute atomic E-state index is 0.0765. The molecule has 1 aliphatic rings. The molecule has 0 saturated heterocycles. The number of nitro groups is 2.